The molecule has 11 nitrogen and oxygen atoms in total. The number of fused-ring (bicyclic) bond motifs is 1. The van der Waals surface area contributed by atoms with Crippen molar-refractivity contribution in [2.45, 2.75) is 74.8 Å². The number of nitrogens with zero attached hydrogens (tertiary/aromatic N) is 3. The number of carbonyl (C=O) groups is 4. The van der Waals surface area contributed by atoms with Gasteiger partial charge in [-0.15, -0.1) is 13.2 Å². The number of aliphatic hydroxyl groups is 1. The van der Waals surface area contributed by atoms with E-state index in [9.17, 15) is 24.3 Å². The number of rotatable bonds is 17. The Hall–Kier alpha value is -4.00. The van der Waals surface area contributed by atoms with Crippen LogP contribution < -0.4 is 15.1 Å². The number of esters is 1. The van der Waals surface area contributed by atoms with Gasteiger partial charge < -0.3 is 34.6 Å². The predicted molar refractivity (Wildman–Crippen MR) is 199 cm³/mol. The number of carbonyl (C=O) groups excluding carboxylic acids is 4. The highest BCUT2D eigenvalue weighted by atomic mass is 79.9. The number of nitrogens with one attached hydrogen (secondary N) is 1. The van der Waals surface area contributed by atoms with Crippen LogP contribution in [-0.2, 0) is 28.7 Å². The van der Waals surface area contributed by atoms with Crippen molar-refractivity contribution in [2.24, 2.45) is 11.8 Å². The number of ether oxygens (including phenoxy) is 2. The third-order valence-electron chi connectivity index (χ3n) is 10.3. The van der Waals surface area contributed by atoms with E-state index < -0.39 is 60.2 Å². The van der Waals surface area contributed by atoms with Crippen LogP contribution in [0.15, 0.2) is 79.9 Å². The van der Waals surface area contributed by atoms with E-state index in [2.05, 4.69) is 53.2 Å². The van der Waals surface area contributed by atoms with Crippen molar-refractivity contribution >= 4 is 51.0 Å². The highest BCUT2D eigenvalue weighted by Gasteiger charge is 2.77. The summed E-state index contributed by atoms with van der Waals surface area (Å²) in [6.07, 6.45) is 2.77. The van der Waals surface area contributed by atoms with Gasteiger partial charge in [0.1, 0.15) is 17.7 Å². The van der Waals surface area contributed by atoms with Gasteiger partial charge in [0, 0.05) is 42.3 Å². The number of likely N-dealkylation sites (tertiary alicyclic amines) is 1. The molecule has 3 aliphatic heterocycles. The van der Waals surface area contributed by atoms with E-state index in [0.29, 0.717) is 24.1 Å². The Kier molecular flexibility index (Phi) is 12.4. The summed E-state index contributed by atoms with van der Waals surface area (Å²) in [4.78, 5) is 61.0. The number of allylic oxidation sites excluding steroid dienone is 1. The number of amides is 3. The average Bonchev–Trinajstić information content (AvgIpc) is 3.75. The minimum Gasteiger partial charge on any atom is -0.455 e. The lowest BCUT2D eigenvalue weighted by Crippen LogP contribution is -2.58. The first kappa shape index (κ1) is 38.2. The molecule has 2 N–H and O–H groups in total. The third kappa shape index (κ3) is 7.36. The first-order chi connectivity index (χ1) is 24.6. The van der Waals surface area contributed by atoms with E-state index in [1.807, 2.05) is 54.6 Å². The SMILES string of the molecule is C=CCCC(=O)NC[C@@H](OC(=O)[C@H]1[C@@H]2O[C@@]3(CC2Br)[C@@H]1C(=O)N([C@H](C)CO)[C@@H]3C(=O)N(CC=C)c1ccc(N(CC)CC)cc1)c1ccccc1. The van der Waals surface area contributed by atoms with Crippen LogP contribution in [0.2, 0.25) is 0 Å². The van der Waals surface area contributed by atoms with Gasteiger partial charge >= 0.3 is 5.97 Å². The lowest BCUT2D eigenvalue weighted by molar-refractivity contribution is -0.160. The fourth-order valence-electron chi connectivity index (χ4n) is 7.85. The molecule has 274 valence electrons. The van der Waals surface area contributed by atoms with Crippen LogP contribution in [0.5, 0.6) is 0 Å². The fraction of sp³-hybridized carbons (Fsp3) is 0.487. The molecule has 2 aromatic carbocycles. The zero-order valence-corrected chi connectivity index (χ0v) is 31.2. The number of halogens is 1. The van der Waals surface area contributed by atoms with Gasteiger partial charge in [0.2, 0.25) is 11.8 Å². The summed E-state index contributed by atoms with van der Waals surface area (Å²) in [5.74, 6) is -3.75. The van der Waals surface area contributed by atoms with E-state index in [-0.39, 0.29) is 36.2 Å². The van der Waals surface area contributed by atoms with Crippen LogP contribution in [0.3, 0.4) is 0 Å². The molecule has 51 heavy (non-hydrogen) atoms. The molecule has 0 saturated carbocycles. The Morgan fingerprint density at radius 3 is 2.37 bits per heavy atom. The Morgan fingerprint density at radius 1 is 1.10 bits per heavy atom. The summed E-state index contributed by atoms with van der Waals surface area (Å²) in [6, 6.07) is 14.9. The topological polar surface area (TPSA) is 129 Å². The van der Waals surface area contributed by atoms with Gasteiger partial charge in [0.15, 0.2) is 0 Å². The average molecular weight is 766 g/mol. The number of benzene rings is 2. The number of hydrogen-bond acceptors (Lipinski definition) is 8. The molecule has 3 amide bonds. The van der Waals surface area contributed by atoms with E-state index in [0.717, 1.165) is 18.8 Å². The van der Waals surface area contributed by atoms with Crippen molar-refractivity contribution < 1.29 is 33.8 Å². The van der Waals surface area contributed by atoms with E-state index in [1.165, 1.54) is 4.90 Å². The van der Waals surface area contributed by atoms with Crippen molar-refractivity contribution in [1.29, 1.82) is 0 Å². The highest BCUT2D eigenvalue weighted by Crippen LogP contribution is 2.61. The second-order valence-electron chi connectivity index (χ2n) is 13.3. The molecule has 5 rings (SSSR count). The highest BCUT2D eigenvalue weighted by molar-refractivity contribution is 9.09. The first-order valence-electron chi connectivity index (χ1n) is 17.7. The molecular formula is C39H49BrN4O7. The largest absolute Gasteiger partial charge is 0.455 e. The van der Waals surface area contributed by atoms with Gasteiger partial charge in [-0.3, -0.25) is 19.2 Å². The molecule has 12 heteroatoms. The Morgan fingerprint density at radius 2 is 1.76 bits per heavy atom. The van der Waals surface area contributed by atoms with Gasteiger partial charge in [-0.2, -0.15) is 0 Å². The maximum atomic E-state index is 14.9. The molecule has 2 bridgehead atoms. The standard InChI is InChI=1S/C39H49BrN4O7/c1-6-10-16-31(46)41-23-30(26-14-12-11-13-15-26)50-38(49)32-33-36(47)44(25(5)24-45)35(39(33)22-29(40)34(32)51-39)37(48)43(21-7-2)28-19-17-27(18-20-28)42(8-3)9-4/h6-7,11-15,17-20,25,29-30,32-35,45H,1-2,8-10,16,21-24H2,3-5H3,(H,41,46)/t25-,29?,30-,32-,33+,34-,35-,39+/m1/s1. The molecular weight excluding hydrogens is 716 g/mol. The lowest BCUT2D eigenvalue weighted by Gasteiger charge is -2.38. The van der Waals surface area contributed by atoms with Crippen LogP contribution in [0.1, 0.15) is 51.7 Å². The van der Waals surface area contributed by atoms with Gasteiger partial charge in [-0.05, 0) is 63.4 Å². The smallest absolute Gasteiger partial charge is 0.313 e. The van der Waals surface area contributed by atoms with Gasteiger partial charge in [-0.25, -0.2) is 0 Å². The zero-order valence-electron chi connectivity index (χ0n) is 29.6. The summed E-state index contributed by atoms with van der Waals surface area (Å²) in [5, 5.41) is 13.2. The van der Waals surface area contributed by atoms with Gasteiger partial charge in [-0.1, -0.05) is 58.4 Å². The molecule has 1 unspecified atom stereocenters. The number of anilines is 2. The molecule has 3 aliphatic rings. The van der Waals surface area contributed by atoms with Crippen LogP contribution >= 0.6 is 15.9 Å². The quantitative estimate of drug-likeness (QED) is 0.137. The number of aliphatic hydroxyl groups excluding tert-OH is 1. The molecule has 3 fully saturated rings. The van der Waals surface area contributed by atoms with E-state index in [4.69, 9.17) is 9.47 Å². The molecule has 2 aromatic rings. The van der Waals surface area contributed by atoms with Gasteiger partial charge in [0.05, 0.1) is 37.1 Å². The third-order valence-corrected chi connectivity index (χ3v) is 11.2. The fourth-order valence-corrected chi connectivity index (χ4v) is 8.79. The van der Waals surface area contributed by atoms with E-state index in [1.54, 1.807) is 24.0 Å². The molecule has 1 spiro atoms. The van der Waals surface area contributed by atoms with E-state index >= 15 is 0 Å². The Balaban J connectivity index is 1.48. The van der Waals surface area contributed by atoms with Crippen LogP contribution in [0, 0.1) is 11.8 Å². The number of alkyl halides is 1. The lowest BCUT2D eigenvalue weighted by atomic mass is 9.70. The van der Waals surface area contributed by atoms with Crippen molar-refractivity contribution in [3.63, 3.8) is 0 Å². The Bertz CT molecular complexity index is 1590. The maximum absolute atomic E-state index is 14.9. The normalized spacial score (nSPS) is 25.9. The molecule has 8 atom stereocenters. The molecule has 3 saturated heterocycles. The van der Waals surface area contributed by atoms with Crippen molar-refractivity contribution in [1.82, 2.24) is 10.2 Å². The van der Waals surface area contributed by atoms with Crippen LogP contribution in [0.25, 0.3) is 0 Å². The van der Waals surface area contributed by atoms with Crippen molar-refractivity contribution in [3.8, 4) is 0 Å². The maximum Gasteiger partial charge on any atom is 0.313 e. The zero-order chi connectivity index (χ0) is 36.9. The molecule has 0 radical (unpaired) electrons. The monoisotopic (exact) mass is 764 g/mol. The van der Waals surface area contributed by atoms with Crippen LogP contribution in [0.4, 0.5) is 11.4 Å². The minimum atomic E-state index is -1.36. The number of hydrogen-bond donors (Lipinski definition) is 2. The summed E-state index contributed by atoms with van der Waals surface area (Å²) in [7, 11) is 0. The summed E-state index contributed by atoms with van der Waals surface area (Å²) >= 11 is 3.72. The summed E-state index contributed by atoms with van der Waals surface area (Å²) < 4.78 is 12.8. The summed E-state index contributed by atoms with van der Waals surface area (Å²) in [5.41, 5.74) is 0.963. The molecule has 0 aliphatic carbocycles. The first-order valence-corrected chi connectivity index (χ1v) is 18.6. The second-order valence-corrected chi connectivity index (χ2v) is 14.5. The molecule has 3 heterocycles. The van der Waals surface area contributed by atoms with Crippen LogP contribution in [-0.4, -0.2) is 95.1 Å². The van der Waals surface area contributed by atoms with Crippen molar-refractivity contribution in [3.05, 3.63) is 85.5 Å². The van der Waals surface area contributed by atoms with Gasteiger partial charge in [0.25, 0.3) is 5.91 Å². The second kappa shape index (κ2) is 16.6. The minimum absolute atomic E-state index is 0.0316. The molecule has 0 aromatic heterocycles. The Labute approximate surface area is 308 Å². The predicted octanol–water partition coefficient (Wildman–Crippen LogP) is 4.55. The van der Waals surface area contributed by atoms with Crippen molar-refractivity contribution in [2.75, 3.05) is 42.6 Å². The summed E-state index contributed by atoms with van der Waals surface area (Å²) in [6.45, 7) is 14.9.